The lowest BCUT2D eigenvalue weighted by atomic mass is 9.95. The molecule has 8 nitrogen and oxygen atoms in total. The SMILES string of the molecule is O=C1C(=O)N(CCc2ccccc2)C(c2cccc([N+](=O)[O-])c2)C1=C(O)c1ccncc1. The highest BCUT2D eigenvalue weighted by Crippen LogP contribution is 2.40. The first-order valence-electron chi connectivity index (χ1n) is 9.94. The Kier molecular flexibility index (Phi) is 5.76. The van der Waals surface area contributed by atoms with Gasteiger partial charge < -0.3 is 10.0 Å². The van der Waals surface area contributed by atoms with Crippen molar-refractivity contribution < 1.29 is 19.6 Å². The van der Waals surface area contributed by atoms with Gasteiger partial charge in [0.15, 0.2) is 0 Å². The number of carbonyl (C=O) groups excluding carboxylic acids is 2. The number of carbonyl (C=O) groups is 2. The number of nitrogens with zero attached hydrogens (tertiary/aromatic N) is 3. The normalized spacial score (nSPS) is 17.5. The molecule has 0 saturated carbocycles. The van der Waals surface area contributed by atoms with Gasteiger partial charge in [0.25, 0.3) is 17.4 Å². The molecule has 4 rings (SSSR count). The summed E-state index contributed by atoms with van der Waals surface area (Å²) >= 11 is 0. The van der Waals surface area contributed by atoms with Crippen LogP contribution in [0.4, 0.5) is 5.69 Å². The lowest BCUT2D eigenvalue weighted by Gasteiger charge is -2.25. The van der Waals surface area contributed by atoms with E-state index in [1.54, 1.807) is 6.07 Å². The number of aliphatic hydroxyl groups is 1. The monoisotopic (exact) mass is 429 g/mol. The lowest BCUT2D eigenvalue weighted by molar-refractivity contribution is -0.384. The Labute approximate surface area is 183 Å². The maximum atomic E-state index is 13.0. The van der Waals surface area contributed by atoms with Gasteiger partial charge in [0.05, 0.1) is 16.5 Å². The number of nitro benzene ring substituents is 1. The second-order valence-electron chi connectivity index (χ2n) is 7.32. The van der Waals surface area contributed by atoms with Crippen LogP contribution in [0.15, 0.2) is 84.7 Å². The van der Waals surface area contributed by atoms with Gasteiger partial charge in [0.1, 0.15) is 5.76 Å². The molecule has 1 unspecified atom stereocenters. The third-order valence-corrected chi connectivity index (χ3v) is 5.37. The van der Waals surface area contributed by atoms with E-state index in [0.717, 1.165) is 5.56 Å². The molecule has 160 valence electrons. The number of amides is 1. The van der Waals surface area contributed by atoms with Crippen LogP contribution in [0.5, 0.6) is 0 Å². The highest BCUT2D eigenvalue weighted by atomic mass is 16.6. The van der Waals surface area contributed by atoms with Crippen molar-refractivity contribution in [3.8, 4) is 0 Å². The van der Waals surface area contributed by atoms with Gasteiger partial charge in [-0.05, 0) is 29.7 Å². The molecule has 0 aliphatic carbocycles. The summed E-state index contributed by atoms with van der Waals surface area (Å²) in [6.07, 6.45) is 3.40. The van der Waals surface area contributed by atoms with Crippen molar-refractivity contribution in [2.45, 2.75) is 12.5 Å². The fourth-order valence-corrected chi connectivity index (χ4v) is 3.83. The van der Waals surface area contributed by atoms with E-state index < -0.39 is 22.7 Å². The maximum absolute atomic E-state index is 13.0. The number of nitro groups is 1. The summed E-state index contributed by atoms with van der Waals surface area (Å²) in [7, 11) is 0. The standard InChI is InChI=1S/C24H19N3O5/c28-22(17-9-12-25-13-10-17)20-21(18-7-4-8-19(15-18)27(31)32)26(24(30)23(20)29)14-11-16-5-2-1-3-6-16/h1-10,12-13,15,21,28H,11,14H2. The predicted octanol–water partition coefficient (Wildman–Crippen LogP) is 3.65. The van der Waals surface area contributed by atoms with Gasteiger partial charge in [-0.3, -0.25) is 24.7 Å². The Morgan fingerprint density at radius 3 is 2.44 bits per heavy atom. The maximum Gasteiger partial charge on any atom is 0.295 e. The molecule has 1 fully saturated rings. The summed E-state index contributed by atoms with van der Waals surface area (Å²) in [6, 6.07) is 17.3. The lowest BCUT2D eigenvalue weighted by Crippen LogP contribution is -2.31. The van der Waals surface area contributed by atoms with Crippen LogP contribution in [0.3, 0.4) is 0 Å². The largest absolute Gasteiger partial charge is 0.507 e. The van der Waals surface area contributed by atoms with E-state index in [-0.39, 0.29) is 23.6 Å². The van der Waals surface area contributed by atoms with Gasteiger partial charge in [-0.2, -0.15) is 0 Å². The minimum absolute atomic E-state index is 0.102. The molecule has 32 heavy (non-hydrogen) atoms. The molecule has 3 aromatic rings. The number of aliphatic hydroxyl groups excluding tert-OH is 1. The highest BCUT2D eigenvalue weighted by Gasteiger charge is 2.46. The number of likely N-dealkylation sites (tertiary alicyclic amines) is 1. The molecule has 8 heteroatoms. The average molecular weight is 429 g/mol. The molecule has 0 spiro atoms. The van der Waals surface area contributed by atoms with Crippen molar-refractivity contribution in [1.29, 1.82) is 0 Å². The molecular formula is C24H19N3O5. The summed E-state index contributed by atoms with van der Waals surface area (Å²) < 4.78 is 0. The number of non-ortho nitro benzene ring substituents is 1. The van der Waals surface area contributed by atoms with Gasteiger partial charge in [0, 0.05) is 36.6 Å². The van der Waals surface area contributed by atoms with Gasteiger partial charge in [-0.15, -0.1) is 0 Å². The van der Waals surface area contributed by atoms with E-state index in [1.807, 2.05) is 30.3 Å². The first-order valence-corrected chi connectivity index (χ1v) is 9.94. The van der Waals surface area contributed by atoms with E-state index in [1.165, 1.54) is 47.6 Å². The Morgan fingerprint density at radius 2 is 1.75 bits per heavy atom. The van der Waals surface area contributed by atoms with Crippen molar-refractivity contribution in [3.63, 3.8) is 0 Å². The number of hydrogen-bond acceptors (Lipinski definition) is 6. The minimum Gasteiger partial charge on any atom is -0.507 e. The van der Waals surface area contributed by atoms with Crippen LogP contribution in [0.2, 0.25) is 0 Å². The van der Waals surface area contributed by atoms with Crippen LogP contribution >= 0.6 is 0 Å². The minimum atomic E-state index is -0.952. The highest BCUT2D eigenvalue weighted by molar-refractivity contribution is 6.46. The van der Waals surface area contributed by atoms with Crippen LogP contribution in [0.25, 0.3) is 5.76 Å². The summed E-state index contributed by atoms with van der Waals surface area (Å²) in [5.74, 6) is -1.93. The van der Waals surface area contributed by atoms with Crippen LogP contribution in [0.1, 0.15) is 22.7 Å². The summed E-state index contributed by atoms with van der Waals surface area (Å²) in [5, 5.41) is 22.3. The number of rotatable bonds is 6. The van der Waals surface area contributed by atoms with Crippen molar-refractivity contribution in [1.82, 2.24) is 9.88 Å². The zero-order valence-electron chi connectivity index (χ0n) is 16.9. The fourth-order valence-electron chi connectivity index (χ4n) is 3.83. The van der Waals surface area contributed by atoms with Crippen LogP contribution in [-0.2, 0) is 16.0 Å². The molecule has 1 saturated heterocycles. The zero-order valence-corrected chi connectivity index (χ0v) is 16.9. The first-order chi connectivity index (χ1) is 15.5. The predicted molar refractivity (Wildman–Crippen MR) is 116 cm³/mol. The number of pyridine rings is 1. The van der Waals surface area contributed by atoms with Crippen LogP contribution in [0, 0.1) is 10.1 Å². The van der Waals surface area contributed by atoms with Crippen LogP contribution in [-0.4, -0.2) is 38.1 Å². The summed E-state index contributed by atoms with van der Waals surface area (Å²) in [5.41, 5.74) is 1.41. The Bertz CT molecular complexity index is 1210. The molecule has 1 aliphatic rings. The molecular weight excluding hydrogens is 410 g/mol. The number of Topliss-reactive ketones (excluding diaryl/α,β-unsaturated/α-hetero) is 1. The summed E-state index contributed by atoms with van der Waals surface area (Å²) in [4.78, 5) is 42.0. The Morgan fingerprint density at radius 1 is 1.03 bits per heavy atom. The second kappa shape index (κ2) is 8.81. The Hall–Kier alpha value is -4.33. The number of benzene rings is 2. The van der Waals surface area contributed by atoms with Crippen LogP contribution < -0.4 is 0 Å². The second-order valence-corrected chi connectivity index (χ2v) is 7.32. The fraction of sp³-hybridized carbons (Fsp3) is 0.125. The van der Waals surface area contributed by atoms with Crippen molar-refractivity contribution in [2.75, 3.05) is 6.54 Å². The zero-order chi connectivity index (χ0) is 22.7. The third-order valence-electron chi connectivity index (χ3n) is 5.37. The molecule has 1 aliphatic heterocycles. The van der Waals surface area contributed by atoms with E-state index in [4.69, 9.17) is 0 Å². The molecule has 1 aromatic heterocycles. The van der Waals surface area contributed by atoms with Gasteiger partial charge >= 0.3 is 0 Å². The quantitative estimate of drug-likeness (QED) is 0.210. The molecule has 1 N–H and O–H groups in total. The van der Waals surface area contributed by atoms with Crippen molar-refractivity contribution in [3.05, 3.63) is 112 Å². The van der Waals surface area contributed by atoms with Crippen molar-refractivity contribution in [2.24, 2.45) is 0 Å². The van der Waals surface area contributed by atoms with Gasteiger partial charge in [0.2, 0.25) is 0 Å². The number of hydrogen-bond donors (Lipinski definition) is 1. The molecule has 2 aromatic carbocycles. The first kappa shape index (κ1) is 20.9. The molecule has 0 radical (unpaired) electrons. The summed E-state index contributed by atoms with van der Waals surface area (Å²) in [6.45, 7) is 0.203. The number of ketones is 1. The molecule has 1 amide bonds. The van der Waals surface area contributed by atoms with E-state index in [2.05, 4.69) is 4.98 Å². The van der Waals surface area contributed by atoms with Crippen molar-refractivity contribution >= 4 is 23.1 Å². The van der Waals surface area contributed by atoms with Gasteiger partial charge in [-0.25, -0.2) is 0 Å². The van der Waals surface area contributed by atoms with E-state index >= 15 is 0 Å². The molecule has 0 bridgehead atoms. The smallest absolute Gasteiger partial charge is 0.295 e. The van der Waals surface area contributed by atoms with Gasteiger partial charge in [-0.1, -0.05) is 42.5 Å². The van der Waals surface area contributed by atoms with E-state index in [9.17, 15) is 24.8 Å². The average Bonchev–Trinajstić information content (AvgIpc) is 3.08. The number of aromatic nitrogens is 1. The third kappa shape index (κ3) is 3.98. The molecule has 2 heterocycles. The van der Waals surface area contributed by atoms with E-state index in [0.29, 0.717) is 17.5 Å². The topological polar surface area (TPSA) is 114 Å². The Balaban J connectivity index is 1.81. The molecule has 1 atom stereocenters.